The first-order valence-electron chi connectivity index (χ1n) is 18.9. The lowest BCUT2D eigenvalue weighted by molar-refractivity contribution is -0.138. The molecule has 4 N–H and O–H groups in total. The van der Waals surface area contributed by atoms with Crippen molar-refractivity contribution in [3.8, 4) is 22.5 Å². The molecule has 0 fully saturated rings. The second kappa shape index (κ2) is 17.7. The largest absolute Gasteiger partial charge is 0.416 e. The van der Waals surface area contributed by atoms with Gasteiger partial charge in [0.15, 0.2) is 0 Å². The number of aromatic nitrogens is 4. The molecule has 0 spiro atoms. The van der Waals surface area contributed by atoms with Crippen LogP contribution >= 0.6 is 0 Å². The van der Waals surface area contributed by atoms with Crippen LogP contribution in [-0.4, -0.2) is 68.8 Å². The first-order chi connectivity index (χ1) is 28.7. The van der Waals surface area contributed by atoms with Crippen LogP contribution in [0.2, 0.25) is 0 Å². The van der Waals surface area contributed by atoms with Crippen molar-refractivity contribution in [2.75, 3.05) is 24.9 Å². The number of alkyl halides is 6. The summed E-state index contributed by atoms with van der Waals surface area (Å²) in [5, 5.41) is 27.0. The van der Waals surface area contributed by atoms with Crippen LogP contribution in [0.3, 0.4) is 0 Å². The van der Waals surface area contributed by atoms with Crippen LogP contribution in [0.1, 0.15) is 33.4 Å². The number of hydrogen-bond donors (Lipinski definition) is 4. The van der Waals surface area contributed by atoms with Gasteiger partial charge in [-0.15, -0.1) is 0 Å². The highest BCUT2D eigenvalue weighted by Gasteiger charge is 2.32. The highest BCUT2D eigenvalue weighted by Crippen LogP contribution is 2.35. The van der Waals surface area contributed by atoms with Crippen LogP contribution in [0.5, 0.6) is 0 Å². The second-order valence-electron chi connectivity index (χ2n) is 14.4. The summed E-state index contributed by atoms with van der Waals surface area (Å²) in [6, 6.07) is 24.7. The van der Waals surface area contributed by atoms with Crippen molar-refractivity contribution in [2.45, 2.75) is 62.5 Å². The van der Waals surface area contributed by atoms with Crippen LogP contribution in [0.4, 0.5) is 49.4 Å². The van der Waals surface area contributed by atoms with Gasteiger partial charge in [0.05, 0.1) is 46.9 Å². The predicted octanol–water partition coefficient (Wildman–Crippen LogP) is 8.76. The molecule has 10 nitrogen and oxygen atoms in total. The molecule has 0 saturated carbocycles. The van der Waals surface area contributed by atoms with Crippen molar-refractivity contribution in [2.24, 2.45) is 0 Å². The fraction of sp³-hybridized carbons (Fsp3) is 0.273. The number of aliphatic hydroxyl groups is 2. The molecule has 2 aromatic heterocycles. The summed E-state index contributed by atoms with van der Waals surface area (Å²) in [7, 11) is 3.17. The zero-order valence-electron chi connectivity index (χ0n) is 32.3. The van der Waals surface area contributed by atoms with Gasteiger partial charge in [-0.1, -0.05) is 48.5 Å². The molecule has 2 aliphatic rings. The van der Waals surface area contributed by atoms with E-state index in [0.29, 0.717) is 59.8 Å². The number of fused-ring (bicyclic) bond motifs is 2. The van der Waals surface area contributed by atoms with E-state index in [1.165, 1.54) is 36.9 Å². The van der Waals surface area contributed by atoms with E-state index in [4.69, 9.17) is 9.47 Å². The van der Waals surface area contributed by atoms with E-state index in [-0.39, 0.29) is 12.2 Å². The lowest BCUT2D eigenvalue weighted by Gasteiger charge is -2.30. The maximum atomic E-state index is 12.8. The fourth-order valence-electron chi connectivity index (χ4n) is 7.34. The third kappa shape index (κ3) is 9.74. The van der Waals surface area contributed by atoms with Crippen LogP contribution in [0, 0.1) is 0 Å². The van der Waals surface area contributed by atoms with Crippen molar-refractivity contribution < 1.29 is 46.0 Å². The quantitative estimate of drug-likeness (QED) is 0.110. The molecular weight excluding hydrogens is 791 g/mol. The third-order valence-electron chi connectivity index (χ3n) is 10.6. The van der Waals surface area contributed by atoms with E-state index < -0.39 is 35.7 Å². The number of anilines is 4. The summed E-state index contributed by atoms with van der Waals surface area (Å²) in [6.07, 6.45) is -5.57. The summed E-state index contributed by atoms with van der Waals surface area (Å²) in [5.74, 6) is 1.03. The number of halogens is 6. The molecule has 60 heavy (non-hydrogen) atoms. The number of nitrogens with one attached hydrogen (secondary N) is 2. The van der Waals surface area contributed by atoms with E-state index in [1.807, 2.05) is 36.4 Å². The van der Waals surface area contributed by atoms with Crippen molar-refractivity contribution in [1.29, 1.82) is 0 Å². The van der Waals surface area contributed by atoms with Crippen molar-refractivity contribution in [1.82, 2.24) is 19.9 Å². The van der Waals surface area contributed by atoms with E-state index >= 15 is 0 Å². The smallest absolute Gasteiger partial charge is 0.390 e. The second-order valence-corrected chi connectivity index (χ2v) is 14.4. The normalized spacial score (nSPS) is 18.7. The van der Waals surface area contributed by atoms with Crippen LogP contribution < -0.4 is 10.6 Å². The molecule has 0 aliphatic heterocycles. The van der Waals surface area contributed by atoms with Crippen LogP contribution in [0.15, 0.2) is 110 Å². The highest BCUT2D eigenvalue weighted by atomic mass is 19.4. The van der Waals surface area contributed by atoms with E-state index in [2.05, 4.69) is 30.6 Å². The molecule has 4 atom stereocenters. The average Bonchev–Trinajstić information content (AvgIpc) is 3.23. The van der Waals surface area contributed by atoms with Crippen LogP contribution in [-0.2, 0) is 47.5 Å². The molecule has 8 rings (SSSR count). The molecule has 2 aliphatic carbocycles. The topological polar surface area (TPSA) is 135 Å². The molecule has 0 amide bonds. The molecule has 0 unspecified atom stereocenters. The Bertz CT molecular complexity index is 2410. The average molecular weight is 831 g/mol. The molecule has 0 radical (unpaired) electrons. The number of hydrogen-bond acceptors (Lipinski definition) is 10. The third-order valence-corrected chi connectivity index (χ3v) is 10.6. The van der Waals surface area contributed by atoms with E-state index in [1.54, 1.807) is 26.4 Å². The Kier molecular flexibility index (Phi) is 12.5. The summed E-state index contributed by atoms with van der Waals surface area (Å²) >= 11 is 0. The number of nitrogens with zero attached hydrogens (tertiary/aromatic N) is 4. The summed E-state index contributed by atoms with van der Waals surface area (Å²) in [4.78, 5) is 16.8. The summed E-state index contributed by atoms with van der Waals surface area (Å²) in [6.45, 7) is 0. The maximum Gasteiger partial charge on any atom is 0.416 e. The predicted molar refractivity (Wildman–Crippen MR) is 213 cm³/mol. The molecule has 0 saturated heterocycles. The molecule has 6 aromatic rings. The van der Waals surface area contributed by atoms with Gasteiger partial charge in [0, 0.05) is 74.5 Å². The van der Waals surface area contributed by atoms with Gasteiger partial charge in [0.25, 0.3) is 0 Å². The number of aliphatic hydroxyl groups excluding tert-OH is 2. The highest BCUT2D eigenvalue weighted by molar-refractivity contribution is 5.69. The minimum Gasteiger partial charge on any atom is -0.390 e. The molecular formula is C44H40F6N6O4. The standard InChI is InChI=1S/2C22H20F3N3O2/c1-30-20-9-14-3-2-4-17(16(14)10-19(20)29)28-21-11-18(26-12-27-21)13-5-7-15(8-6-13)22(23,24)25;1-30-20-10-16-14(9-19(20)29)3-2-4-17(16)28-21-11-18(26-12-27-21)13-5-7-15(8-6-13)22(23,24)25/h2*2-8,11-12,19-20,29H,9-10H2,1H3,(H,26,27,28)/t2*19-,20-/m11/s1. The summed E-state index contributed by atoms with van der Waals surface area (Å²) in [5.41, 5.74) is 6.56. The minimum atomic E-state index is -4.38. The minimum absolute atomic E-state index is 0.238. The fourth-order valence-corrected chi connectivity index (χ4v) is 7.34. The first kappa shape index (κ1) is 42.2. The van der Waals surface area contributed by atoms with Gasteiger partial charge >= 0.3 is 12.4 Å². The summed E-state index contributed by atoms with van der Waals surface area (Å²) < 4.78 is 87.4. The van der Waals surface area contributed by atoms with E-state index in [9.17, 15) is 36.6 Å². The van der Waals surface area contributed by atoms with Crippen molar-refractivity contribution >= 4 is 23.0 Å². The molecule has 2 heterocycles. The Labute approximate surface area is 341 Å². The van der Waals surface area contributed by atoms with Gasteiger partial charge in [0.1, 0.15) is 24.3 Å². The zero-order chi connectivity index (χ0) is 42.6. The van der Waals surface area contributed by atoms with E-state index in [0.717, 1.165) is 57.9 Å². The Balaban J connectivity index is 0.000000181. The monoisotopic (exact) mass is 830 g/mol. The van der Waals surface area contributed by atoms with Gasteiger partial charge in [-0.2, -0.15) is 26.3 Å². The zero-order valence-corrected chi connectivity index (χ0v) is 32.3. The van der Waals surface area contributed by atoms with Gasteiger partial charge in [-0.25, -0.2) is 19.9 Å². The van der Waals surface area contributed by atoms with Gasteiger partial charge in [-0.05, 0) is 58.7 Å². The van der Waals surface area contributed by atoms with Gasteiger partial charge in [0.2, 0.25) is 0 Å². The number of rotatable bonds is 8. The van der Waals surface area contributed by atoms with Gasteiger partial charge < -0.3 is 30.3 Å². The SMILES string of the molecule is CO[C@@H]1Cc2c(cccc2Nc2cc(-c3ccc(C(F)(F)F)cc3)ncn2)C[C@H]1O.CO[C@@H]1Cc2cccc(Nc3cc(-c4ccc(C(F)(F)F)cc4)ncn3)c2C[C@H]1O. The van der Waals surface area contributed by atoms with Crippen molar-refractivity contribution in [3.05, 3.63) is 143 Å². The van der Waals surface area contributed by atoms with Gasteiger partial charge in [-0.3, -0.25) is 0 Å². The van der Waals surface area contributed by atoms with Crippen molar-refractivity contribution in [3.63, 3.8) is 0 Å². The Morgan fingerprint density at radius 3 is 1.40 bits per heavy atom. The number of benzene rings is 4. The lowest BCUT2D eigenvalue weighted by atomic mass is 9.86. The first-order valence-corrected chi connectivity index (χ1v) is 18.9. The van der Waals surface area contributed by atoms with Crippen LogP contribution in [0.25, 0.3) is 22.5 Å². The Hall–Kier alpha value is -5.94. The number of methoxy groups -OCH3 is 2. The molecule has 4 aromatic carbocycles. The molecule has 0 bridgehead atoms. The Morgan fingerprint density at radius 1 is 0.533 bits per heavy atom. The molecule has 16 heteroatoms. The number of ether oxygens (including phenoxy) is 2. The maximum absolute atomic E-state index is 12.8. The molecule has 312 valence electrons. The lowest BCUT2D eigenvalue weighted by Crippen LogP contribution is -2.36. The Morgan fingerprint density at radius 2 is 0.950 bits per heavy atom.